The fourth-order valence-electron chi connectivity index (χ4n) is 4.06. The number of hydrogen-bond acceptors (Lipinski definition) is 6. The van der Waals surface area contributed by atoms with Gasteiger partial charge in [0.15, 0.2) is 0 Å². The number of allylic oxidation sites excluding steroid dienone is 1. The minimum atomic E-state index is -0.917. The van der Waals surface area contributed by atoms with Gasteiger partial charge in [0, 0.05) is 27.1 Å². The highest BCUT2D eigenvalue weighted by molar-refractivity contribution is 6.40. The van der Waals surface area contributed by atoms with Crippen LogP contribution in [-0.4, -0.2) is 30.3 Å². The number of aryl methyl sites for hydroxylation is 1. The maximum Gasteiger partial charge on any atom is 0.340 e. The molecule has 3 aromatic rings. The Kier molecular flexibility index (Phi) is 8.77. The molecule has 0 unspecified atom stereocenters. The summed E-state index contributed by atoms with van der Waals surface area (Å²) < 4.78 is 11.0. The maximum atomic E-state index is 13.5. The van der Waals surface area contributed by atoms with Crippen LogP contribution in [0.15, 0.2) is 75.9 Å². The van der Waals surface area contributed by atoms with Crippen molar-refractivity contribution < 1.29 is 28.3 Å². The molecule has 2 N–H and O–H groups in total. The van der Waals surface area contributed by atoms with Gasteiger partial charge in [0.05, 0.1) is 24.3 Å². The van der Waals surface area contributed by atoms with Crippen LogP contribution in [0, 0.1) is 6.92 Å². The predicted molar refractivity (Wildman–Crippen MR) is 152 cm³/mol. The molecule has 2 aromatic carbocycles. The Hall–Kier alpha value is -4.34. The average Bonchev–Trinajstić information content (AvgIpc) is 3.44. The van der Waals surface area contributed by atoms with Gasteiger partial charge in [-0.25, -0.2) is 4.79 Å². The number of amides is 3. The molecule has 0 saturated carbocycles. The Morgan fingerprint density at radius 1 is 0.975 bits per heavy atom. The third-order valence-electron chi connectivity index (χ3n) is 5.89. The molecule has 0 aliphatic carbocycles. The molecule has 0 spiro atoms. The number of halogens is 2. The van der Waals surface area contributed by atoms with Gasteiger partial charge in [-0.1, -0.05) is 40.9 Å². The third kappa shape index (κ3) is 6.44. The first-order valence-corrected chi connectivity index (χ1v) is 13.0. The zero-order valence-electron chi connectivity index (χ0n) is 21.8. The largest absolute Gasteiger partial charge is 0.462 e. The summed E-state index contributed by atoms with van der Waals surface area (Å²) in [5.41, 5.74) is 2.59. The zero-order valence-corrected chi connectivity index (χ0v) is 23.4. The van der Waals surface area contributed by atoms with Crippen molar-refractivity contribution in [2.24, 2.45) is 0 Å². The van der Waals surface area contributed by atoms with Crippen molar-refractivity contribution in [3.05, 3.63) is 98.6 Å². The summed E-state index contributed by atoms with van der Waals surface area (Å²) in [5.74, 6) is -2.27. The van der Waals surface area contributed by atoms with E-state index < -0.39 is 23.7 Å². The van der Waals surface area contributed by atoms with Gasteiger partial charge in [0.25, 0.3) is 5.91 Å². The first-order chi connectivity index (χ1) is 19.1. The summed E-state index contributed by atoms with van der Waals surface area (Å²) in [7, 11) is 0. The topological polar surface area (TPSA) is 118 Å². The minimum absolute atomic E-state index is 0.102. The number of ether oxygens (including phenoxy) is 1. The molecule has 0 atom stereocenters. The summed E-state index contributed by atoms with van der Waals surface area (Å²) in [4.78, 5) is 52.2. The Labute approximate surface area is 240 Å². The fourth-order valence-corrected chi connectivity index (χ4v) is 4.58. The number of carbonyl (C=O) groups excluding carboxylic acids is 4. The molecule has 4 rings (SSSR count). The van der Waals surface area contributed by atoms with Gasteiger partial charge in [-0.2, -0.15) is 0 Å². The van der Waals surface area contributed by atoms with Gasteiger partial charge in [-0.05, 0) is 69.3 Å². The molecule has 40 heavy (non-hydrogen) atoms. The zero-order chi connectivity index (χ0) is 29.0. The minimum Gasteiger partial charge on any atom is -0.462 e. The molecule has 3 amide bonds. The van der Waals surface area contributed by atoms with Crippen LogP contribution in [0.3, 0.4) is 0 Å². The maximum absolute atomic E-state index is 13.5. The van der Waals surface area contributed by atoms with Gasteiger partial charge in [-0.3, -0.25) is 19.3 Å². The van der Waals surface area contributed by atoms with Crippen molar-refractivity contribution in [3.63, 3.8) is 0 Å². The first kappa shape index (κ1) is 28.7. The average molecular weight is 582 g/mol. The Balaban J connectivity index is 1.49. The summed E-state index contributed by atoms with van der Waals surface area (Å²) >= 11 is 11.8. The quantitative estimate of drug-likeness (QED) is 0.218. The van der Waals surface area contributed by atoms with Gasteiger partial charge in [0.1, 0.15) is 11.5 Å². The standard InChI is InChI=1S/C29H25Cl2N3O6/c1-4-39-29(38)25-17(3)34(21-7-5-16(2)6-8-21)28(37)24(25)14-22-9-10-23(40-22)15-32-26(35)27(36)33-20-12-18(30)11-19(31)13-20/h5-14H,4,15H2,1-3H3,(H,32,35)(H,33,36)/b24-14+. The van der Waals surface area contributed by atoms with Crippen LogP contribution in [0.2, 0.25) is 10.0 Å². The lowest BCUT2D eigenvalue weighted by Gasteiger charge is -2.18. The van der Waals surface area contributed by atoms with E-state index >= 15 is 0 Å². The van der Waals surface area contributed by atoms with E-state index in [1.807, 2.05) is 19.1 Å². The molecule has 1 aliphatic rings. The van der Waals surface area contributed by atoms with Crippen LogP contribution in [0.25, 0.3) is 6.08 Å². The van der Waals surface area contributed by atoms with Crippen molar-refractivity contribution in [1.82, 2.24) is 5.32 Å². The van der Waals surface area contributed by atoms with Crippen molar-refractivity contribution in [2.45, 2.75) is 27.3 Å². The summed E-state index contributed by atoms with van der Waals surface area (Å²) in [6.07, 6.45) is 1.45. The molecule has 1 aliphatic heterocycles. The second-order valence-electron chi connectivity index (χ2n) is 8.81. The summed E-state index contributed by atoms with van der Waals surface area (Å²) in [5, 5.41) is 5.49. The number of anilines is 2. The normalized spacial score (nSPS) is 14.1. The number of hydrogen-bond donors (Lipinski definition) is 2. The lowest BCUT2D eigenvalue weighted by molar-refractivity contribution is -0.138. The molecular weight excluding hydrogens is 557 g/mol. The molecular formula is C29H25Cl2N3O6. The van der Waals surface area contributed by atoms with Gasteiger partial charge >= 0.3 is 17.8 Å². The molecule has 0 bridgehead atoms. The fraction of sp³-hybridized carbons (Fsp3) is 0.172. The molecule has 1 aromatic heterocycles. The van der Waals surface area contributed by atoms with E-state index in [1.165, 1.54) is 29.2 Å². The third-order valence-corrected chi connectivity index (χ3v) is 6.33. The number of benzene rings is 2. The lowest BCUT2D eigenvalue weighted by Crippen LogP contribution is -2.34. The summed E-state index contributed by atoms with van der Waals surface area (Å²) in [6, 6.07) is 14.9. The molecule has 206 valence electrons. The second kappa shape index (κ2) is 12.2. The smallest absolute Gasteiger partial charge is 0.340 e. The van der Waals surface area contributed by atoms with Gasteiger partial charge < -0.3 is 19.8 Å². The van der Waals surface area contributed by atoms with E-state index in [9.17, 15) is 19.2 Å². The van der Waals surface area contributed by atoms with E-state index in [2.05, 4.69) is 10.6 Å². The van der Waals surface area contributed by atoms with Crippen molar-refractivity contribution in [1.29, 1.82) is 0 Å². The van der Waals surface area contributed by atoms with E-state index in [-0.39, 0.29) is 35.7 Å². The Morgan fingerprint density at radius 2 is 1.65 bits per heavy atom. The number of carbonyl (C=O) groups is 4. The predicted octanol–water partition coefficient (Wildman–Crippen LogP) is 5.42. The van der Waals surface area contributed by atoms with Crippen LogP contribution in [0.4, 0.5) is 11.4 Å². The van der Waals surface area contributed by atoms with Gasteiger partial charge in [0.2, 0.25) is 0 Å². The highest BCUT2D eigenvalue weighted by atomic mass is 35.5. The van der Waals surface area contributed by atoms with Crippen LogP contribution < -0.4 is 15.5 Å². The van der Waals surface area contributed by atoms with Crippen molar-refractivity contribution in [2.75, 3.05) is 16.8 Å². The Morgan fingerprint density at radius 3 is 2.30 bits per heavy atom. The summed E-state index contributed by atoms with van der Waals surface area (Å²) in [6.45, 7) is 5.34. The highest BCUT2D eigenvalue weighted by Gasteiger charge is 2.38. The molecule has 11 heteroatoms. The van der Waals surface area contributed by atoms with E-state index in [1.54, 1.807) is 38.1 Å². The molecule has 0 radical (unpaired) electrons. The SMILES string of the molecule is CCOC(=O)C1=C(C)N(c2ccc(C)cc2)C(=O)/C1=C/c1ccc(CNC(=O)C(=O)Nc2cc(Cl)cc(Cl)c2)o1. The molecule has 9 nitrogen and oxygen atoms in total. The van der Waals surface area contributed by atoms with E-state index in [0.717, 1.165) is 5.56 Å². The number of nitrogens with one attached hydrogen (secondary N) is 2. The van der Waals surface area contributed by atoms with Crippen molar-refractivity contribution >= 4 is 64.3 Å². The number of esters is 1. The number of nitrogens with zero attached hydrogens (tertiary/aromatic N) is 1. The van der Waals surface area contributed by atoms with E-state index in [4.69, 9.17) is 32.4 Å². The van der Waals surface area contributed by atoms with Crippen LogP contribution in [0.1, 0.15) is 30.9 Å². The first-order valence-electron chi connectivity index (χ1n) is 12.2. The highest BCUT2D eigenvalue weighted by Crippen LogP contribution is 2.35. The van der Waals surface area contributed by atoms with Crippen LogP contribution in [-0.2, 0) is 30.5 Å². The monoisotopic (exact) mass is 581 g/mol. The van der Waals surface area contributed by atoms with Gasteiger partial charge in [-0.15, -0.1) is 0 Å². The lowest BCUT2D eigenvalue weighted by atomic mass is 10.1. The Bertz CT molecular complexity index is 1540. The second-order valence-corrected chi connectivity index (χ2v) is 9.69. The number of furan rings is 1. The number of rotatable bonds is 7. The molecule has 0 saturated heterocycles. The van der Waals surface area contributed by atoms with Crippen LogP contribution >= 0.6 is 23.2 Å². The molecule has 2 heterocycles. The van der Waals surface area contributed by atoms with E-state index in [0.29, 0.717) is 27.2 Å². The van der Waals surface area contributed by atoms with Crippen molar-refractivity contribution in [3.8, 4) is 0 Å². The molecule has 0 fully saturated rings. The van der Waals surface area contributed by atoms with Crippen LogP contribution in [0.5, 0.6) is 0 Å².